The molecule has 1 saturated carbocycles. The van der Waals surface area contributed by atoms with Crippen LogP contribution >= 0.6 is 0 Å². The van der Waals surface area contributed by atoms with Gasteiger partial charge in [0.25, 0.3) is 0 Å². The smallest absolute Gasteiger partial charge is 0.0568 e. The number of aliphatic hydroxyl groups is 1. The monoisotopic (exact) mass is 171 g/mol. The highest BCUT2D eigenvalue weighted by Gasteiger charge is 2.24. The first-order valence-electron chi connectivity index (χ1n) is 5.03. The van der Waals surface area contributed by atoms with E-state index in [0.717, 1.165) is 13.0 Å². The minimum absolute atomic E-state index is 0.00663. The van der Waals surface area contributed by atoms with Crippen molar-refractivity contribution in [2.24, 2.45) is 5.92 Å². The van der Waals surface area contributed by atoms with Crippen molar-refractivity contribution in [2.45, 2.75) is 38.2 Å². The normalized spacial score (nSPS) is 30.0. The highest BCUT2D eigenvalue weighted by molar-refractivity contribution is 4.76. The van der Waals surface area contributed by atoms with Gasteiger partial charge in [0, 0.05) is 0 Å². The van der Waals surface area contributed by atoms with E-state index < -0.39 is 0 Å². The Morgan fingerprint density at radius 1 is 1.33 bits per heavy atom. The predicted octanol–water partition coefficient (Wildman–Crippen LogP) is 1.49. The van der Waals surface area contributed by atoms with Crippen LogP contribution in [-0.2, 0) is 0 Å². The van der Waals surface area contributed by atoms with Crippen molar-refractivity contribution in [3.8, 4) is 0 Å². The summed E-state index contributed by atoms with van der Waals surface area (Å²) in [6.07, 6.45) is 5.95. The average Bonchev–Trinajstić information content (AvgIpc) is 2.36. The molecule has 0 aromatic rings. The van der Waals surface area contributed by atoms with Crippen LogP contribution < -0.4 is 0 Å². The van der Waals surface area contributed by atoms with Gasteiger partial charge in [0.15, 0.2) is 0 Å². The average molecular weight is 171 g/mol. The first-order chi connectivity index (χ1) is 5.70. The molecule has 0 amide bonds. The zero-order valence-electron chi connectivity index (χ0n) is 8.29. The SMILES string of the molecule is CN(C)CCC[C@@H]1CCC[C@H]1O. The van der Waals surface area contributed by atoms with Crippen molar-refractivity contribution in [1.82, 2.24) is 4.90 Å². The fourth-order valence-corrected chi connectivity index (χ4v) is 2.02. The minimum Gasteiger partial charge on any atom is -0.393 e. The molecular weight excluding hydrogens is 150 g/mol. The van der Waals surface area contributed by atoms with Gasteiger partial charge in [0.1, 0.15) is 0 Å². The standard InChI is InChI=1S/C10H21NO/c1-11(2)8-4-6-9-5-3-7-10(9)12/h9-10,12H,3-8H2,1-2H3/t9-,10+/m0/s1. The van der Waals surface area contributed by atoms with Gasteiger partial charge in [-0.15, -0.1) is 0 Å². The lowest BCUT2D eigenvalue weighted by atomic mass is 10.00. The van der Waals surface area contributed by atoms with Crippen LogP contribution in [0.15, 0.2) is 0 Å². The zero-order valence-corrected chi connectivity index (χ0v) is 8.29. The highest BCUT2D eigenvalue weighted by atomic mass is 16.3. The molecule has 2 nitrogen and oxygen atoms in total. The molecule has 1 N–H and O–H groups in total. The maximum absolute atomic E-state index is 9.54. The van der Waals surface area contributed by atoms with Gasteiger partial charge in [-0.25, -0.2) is 0 Å². The molecule has 1 rings (SSSR count). The van der Waals surface area contributed by atoms with Gasteiger partial charge < -0.3 is 10.0 Å². The molecule has 0 aromatic heterocycles. The summed E-state index contributed by atoms with van der Waals surface area (Å²) in [6.45, 7) is 1.16. The Hall–Kier alpha value is -0.0800. The molecule has 0 spiro atoms. The Labute approximate surface area is 75.6 Å². The summed E-state index contributed by atoms with van der Waals surface area (Å²) in [5.74, 6) is 0.602. The number of hydrogen-bond acceptors (Lipinski definition) is 2. The number of aliphatic hydroxyl groups excluding tert-OH is 1. The summed E-state index contributed by atoms with van der Waals surface area (Å²) < 4.78 is 0. The van der Waals surface area contributed by atoms with Crippen LogP contribution in [0.5, 0.6) is 0 Å². The molecule has 0 aliphatic heterocycles. The van der Waals surface area contributed by atoms with Crippen molar-refractivity contribution in [3.05, 3.63) is 0 Å². The fourth-order valence-electron chi connectivity index (χ4n) is 2.02. The first kappa shape index (κ1) is 10.0. The Balaban J connectivity index is 2.06. The number of hydrogen-bond donors (Lipinski definition) is 1. The van der Waals surface area contributed by atoms with Crippen LogP contribution in [-0.4, -0.2) is 36.8 Å². The van der Waals surface area contributed by atoms with Gasteiger partial charge in [-0.3, -0.25) is 0 Å². The number of rotatable bonds is 4. The zero-order chi connectivity index (χ0) is 8.97. The summed E-state index contributed by atoms with van der Waals surface area (Å²) in [6, 6.07) is 0. The molecule has 0 radical (unpaired) electrons. The lowest BCUT2D eigenvalue weighted by Crippen LogP contribution is -2.17. The van der Waals surface area contributed by atoms with Crippen molar-refractivity contribution in [2.75, 3.05) is 20.6 Å². The van der Waals surface area contributed by atoms with E-state index in [9.17, 15) is 5.11 Å². The van der Waals surface area contributed by atoms with E-state index in [1.54, 1.807) is 0 Å². The molecule has 2 atom stereocenters. The van der Waals surface area contributed by atoms with Crippen LogP contribution in [0.1, 0.15) is 32.1 Å². The lowest BCUT2D eigenvalue weighted by Gasteiger charge is -2.15. The van der Waals surface area contributed by atoms with Crippen LogP contribution in [0.25, 0.3) is 0 Å². The molecule has 0 saturated heterocycles. The third-order valence-corrected chi connectivity index (χ3v) is 2.80. The lowest BCUT2D eigenvalue weighted by molar-refractivity contribution is 0.125. The minimum atomic E-state index is 0.00663. The van der Waals surface area contributed by atoms with E-state index in [2.05, 4.69) is 19.0 Å². The van der Waals surface area contributed by atoms with Gasteiger partial charge in [0.05, 0.1) is 6.10 Å². The Morgan fingerprint density at radius 3 is 2.58 bits per heavy atom. The van der Waals surface area contributed by atoms with Crippen LogP contribution in [0.2, 0.25) is 0 Å². The third-order valence-electron chi connectivity index (χ3n) is 2.80. The summed E-state index contributed by atoms with van der Waals surface area (Å²) in [7, 11) is 4.20. The van der Waals surface area contributed by atoms with E-state index in [1.165, 1.54) is 25.7 Å². The molecule has 72 valence electrons. The maximum Gasteiger partial charge on any atom is 0.0568 e. The second-order valence-electron chi connectivity index (χ2n) is 4.20. The fraction of sp³-hybridized carbons (Fsp3) is 1.00. The van der Waals surface area contributed by atoms with E-state index in [-0.39, 0.29) is 6.10 Å². The molecule has 1 aliphatic rings. The predicted molar refractivity (Wildman–Crippen MR) is 51.1 cm³/mol. The van der Waals surface area contributed by atoms with Gasteiger partial charge in [-0.05, 0) is 52.2 Å². The van der Waals surface area contributed by atoms with Crippen molar-refractivity contribution >= 4 is 0 Å². The van der Waals surface area contributed by atoms with E-state index >= 15 is 0 Å². The second kappa shape index (κ2) is 4.83. The molecular formula is C10H21NO. The second-order valence-corrected chi connectivity index (χ2v) is 4.20. The van der Waals surface area contributed by atoms with E-state index in [0.29, 0.717) is 5.92 Å². The molecule has 1 aliphatic carbocycles. The first-order valence-corrected chi connectivity index (χ1v) is 5.03. The largest absolute Gasteiger partial charge is 0.393 e. The summed E-state index contributed by atoms with van der Waals surface area (Å²) in [4.78, 5) is 2.21. The molecule has 1 fully saturated rings. The Bertz CT molecular complexity index is 125. The molecule has 12 heavy (non-hydrogen) atoms. The molecule has 0 heterocycles. The molecule has 0 unspecified atom stereocenters. The van der Waals surface area contributed by atoms with Crippen molar-refractivity contribution < 1.29 is 5.11 Å². The van der Waals surface area contributed by atoms with Gasteiger partial charge in [-0.1, -0.05) is 6.42 Å². The molecule has 2 heteroatoms. The maximum atomic E-state index is 9.54. The quantitative estimate of drug-likeness (QED) is 0.692. The Kier molecular flexibility index (Phi) is 4.02. The summed E-state index contributed by atoms with van der Waals surface area (Å²) in [5.41, 5.74) is 0. The number of nitrogens with zero attached hydrogens (tertiary/aromatic N) is 1. The van der Waals surface area contributed by atoms with Gasteiger partial charge in [-0.2, -0.15) is 0 Å². The molecule has 0 aromatic carbocycles. The van der Waals surface area contributed by atoms with E-state index in [4.69, 9.17) is 0 Å². The van der Waals surface area contributed by atoms with Crippen LogP contribution in [0, 0.1) is 5.92 Å². The molecule has 0 bridgehead atoms. The van der Waals surface area contributed by atoms with Crippen molar-refractivity contribution in [3.63, 3.8) is 0 Å². The van der Waals surface area contributed by atoms with Crippen LogP contribution in [0.3, 0.4) is 0 Å². The van der Waals surface area contributed by atoms with Crippen LogP contribution in [0.4, 0.5) is 0 Å². The van der Waals surface area contributed by atoms with Gasteiger partial charge >= 0.3 is 0 Å². The third kappa shape index (κ3) is 3.11. The summed E-state index contributed by atoms with van der Waals surface area (Å²) >= 11 is 0. The summed E-state index contributed by atoms with van der Waals surface area (Å²) in [5, 5.41) is 9.54. The highest BCUT2D eigenvalue weighted by Crippen LogP contribution is 2.28. The van der Waals surface area contributed by atoms with Gasteiger partial charge in [0.2, 0.25) is 0 Å². The van der Waals surface area contributed by atoms with E-state index in [1.807, 2.05) is 0 Å². The van der Waals surface area contributed by atoms with Crippen molar-refractivity contribution in [1.29, 1.82) is 0 Å². The topological polar surface area (TPSA) is 23.5 Å². The Morgan fingerprint density at radius 2 is 2.08 bits per heavy atom.